The van der Waals surface area contributed by atoms with E-state index >= 15 is 0 Å². The van der Waals surface area contributed by atoms with Crippen LogP contribution in [-0.4, -0.2) is 82.5 Å². The van der Waals surface area contributed by atoms with Crippen LogP contribution >= 0.6 is 0 Å². The first-order valence-electron chi connectivity index (χ1n) is 11.6. The number of guanidine groups is 1. The van der Waals surface area contributed by atoms with Gasteiger partial charge in [0.25, 0.3) is 0 Å². The highest BCUT2D eigenvalue weighted by Crippen LogP contribution is 2.07. The van der Waals surface area contributed by atoms with Gasteiger partial charge in [0.05, 0.1) is 12.5 Å². The van der Waals surface area contributed by atoms with E-state index in [0.717, 1.165) is 0 Å². The molecule has 37 heavy (non-hydrogen) atoms. The Morgan fingerprint density at radius 1 is 0.811 bits per heavy atom. The summed E-state index contributed by atoms with van der Waals surface area (Å²) < 4.78 is 0. The highest BCUT2D eigenvalue weighted by molar-refractivity contribution is 5.95. The Labute approximate surface area is 214 Å². The van der Waals surface area contributed by atoms with E-state index in [1.807, 2.05) is 0 Å². The predicted molar refractivity (Wildman–Crippen MR) is 131 cm³/mol. The number of nitrogens with one attached hydrogen (secondary N) is 3. The Kier molecular flexibility index (Phi) is 14.9. The number of hydrogen-bond donors (Lipinski definition) is 9. The summed E-state index contributed by atoms with van der Waals surface area (Å²) in [6.45, 7) is 3.68. The van der Waals surface area contributed by atoms with Gasteiger partial charge in [0.2, 0.25) is 23.6 Å². The monoisotopic (exact) mass is 530 g/mol. The van der Waals surface area contributed by atoms with Gasteiger partial charge in [-0.3, -0.25) is 29.0 Å². The lowest BCUT2D eigenvalue weighted by Crippen LogP contribution is -2.57. The smallest absolute Gasteiger partial charge is 0.326 e. The van der Waals surface area contributed by atoms with Crippen LogP contribution in [0.1, 0.15) is 52.4 Å². The lowest BCUT2D eigenvalue weighted by Gasteiger charge is -2.25. The third-order valence-corrected chi connectivity index (χ3v) is 4.95. The molecule has 210 valence electrons. The molecule has 0 aliphatic carbocycles. The zero-order chi connectivity index (χ0) is 28.7. The Bertz CT molecular complexity index is 859. The topological polar surface area (TPSA) is 295 Å². The van der Waals surface area contributed by atoms with Gasteiger partial charge in [-0.15, -0.1) is 0 Å². The summed E-state index contributed by atoms with van der Waals surface area (Å²) in [5.41, 5.74) is 21.4. The molecule has 4 atom stereocenters. The maximum atomic E-state index is 12.9. The molecule has 13 N–H and O–H groups in total. The lowest BCUT2D eigenvalue weighted by atomic mass is 10.0. The first-order valence-corrected chi connectivity index (χ1v) is 11.6. The van der Waals surface area contributed by atoms with Crippen molar-refractivity contribution < 1.29 is 39.0 Å². The van der Waals surface area contributed by atoms with Gasteiger partial charge in [-0.1, -0.05) is 13.8 Å². The fourth-order valence-corrected chi connectivity index (χ4v) is 3.11. The average Bonchev–Trinajstić information content (AvgIpc) is 2.76. The van der Waals surface area contributed by atoms with Gasteiger partial charge in [-0.05, 0) is 31.6 Å². The molecule has 0 aromatic rings. The zero-order valence-electron chi connectivity index (χ0n) is 20.9. The van der Waals surface area contributed by atoms with E-state index in [4.69, 9.17) is 22.9 Å². The number of nitrogens with two attached hydrogens (primary N) is 4. The van der Waals surface area contributed by atoms with Crippen molar-refractivity contribution in [3.8, 4) is 0 Å². The molecule has 16 nitrogen and oxygen atoms in total. The van der Waals surface area contributed by atoms with Crippen molar-refractivity contribution >= 4 is 41.5 Å². The number of carbonyl (C=O) groups is 6. The van der Waals surface area contributed by atoms with Gasteiger partial charge in [0.1, 0.15) is 18.1 Å². The van der Waals surface area contributed by atoms with E-state index in [2.05, 4.69) is 20.9 Å². The van der Waals surface area contributed by atoms with Crippen molar-refractivity contribution in [1.29, 1.82) is 0 Å². The number of carboxylic acid groups (broad SMARTS) is 2. The number of nitrogens with zero attached hydrogens (tertiary/aromatic N) is 1. The maximum Gasteiger partial charge on any atom is 0.326 e. The molecule has 0 aromatic carbocycles. The molecule has 0 aliphatic rings. The van der Waals surface area contributed by atoms with Crippen molar-refractivity contribution in [2.24, 2.45) is 33.8 Å². The number of aliphatic carboxylic acids is 2. The number of carbonyl (C=O) groups excluding carboxylic acids is 4. The molecule has 0 rings (SSSR count). The van der Waals surface area contributed by atoms with Crippen LogP contribution in [0.4, 0.5) is 0 Å². The van der Waals surface area contributed by atoms with Gasteiger partial charge < -0.3 is 49.1 Å². The molecule has 0 aliphatic heterocycles. The Morgan fingerprint density at radius 2 is 1.35 bits per heavy atom. The second-order valence-corrected chi connectivity index (χ2v) is 8.81. The SMILES string of the molecule is CC(C)CC(NC(=O)C(CC(=O)O)NC(=O)C(CCC(N)=O)NC(=O)C(N)CCCN=C(N)N)C(=O)O. The fraction of sp³-hybridized carbons (Fsp3) is 0.667. The molecule has 0 heterocycles. The number of rotatable bonds is 18. The summed E-state index contributed by atoms with van der Waals surface area (Å²) in [6.07, 6.45) is -0.876. The third kappa shape index (κ3) is 14.9. The van der Waals surface area contributed by atoms with Crippen LogP contribution in [0, 0.1) is 5.92 Å². The molecule has 0 saturated heterocycles. The Morgan fingerprint density at radius 3 is 1.84 bits per heavy atom. The van der Waals surface area contributed by atoms with E-state index in [9.17, 15) is 39.0 Å². The standard InChI is InChI=1S/C21H38N8O8/c1-10(2)8-14(20(36)37)29-19(35)13(9-16(31)32)28-18(34)12(5-6-15(23)30)27-17(33)11(22)4-3-7-26-21(24)25/h10-14H,3-9,22H2,1-2H3,(H2,23,30)(H,27,33)(H,28,34)(H,29,35)(H,31,32)(H,36,37)(H4,24,25,26). The van der Waals surface area contributed by atoms with E-state index < -0.39 is 66.2 Å². The van der Waals surface area contributed by atoms with Gasteiger partial charge in [-0.2, -0.15) is 0 Å². The second kappa shape index (κ2) is 16.7. The zero-order valence-corrected chi connectivity index (χ0v) is 20.9. The molecule has 0 spiro atoms. The highest BCUT2D eigenvalue weighted by atomic mass is 16.4. The molecule has 4 unspecified atom stereocenters. The number of carboxylic acids is 2. The van der Waals surface area contributed by atoms with Crippen LogP contribution in [0.15, 0.2) is 4.99 Å². The van der Waals surface area contributed by atoms with Crippen molar-refractivity contribution in [3.63, 3.8) is 0 Å². The number of hydrogen-bond acceptors (Lipinski definition) is 8. The Hall–Kier alpha value is -3.95. The Balaban J connectivity index is 5.51. The lowest BCUT2D eigenvalue weighted by molar-refractivity contribution is -0.144. The molecule has 0 fully saturated rings. The normalized spacial score (nSPS) is 13.9. The van der Waals surface area contributed by atoms with Gasteiger partial charge in [0, 0.05) is 13.0 Å². The van der Waals surface area contributed by atoms with Crippen LogP contribution in [0.25, 0.3) is 0 Å². The van der Waals surface area contributed by atoms with Gasteiger partial charge in [-0.25, -0.2) is 4.79 Å². The molecule has 0 radical (unpaired) electrons. The number of aliphatic imine (C=N–C) groups is 1. The average molecular weight is 531 g/mol. The van der Waals surface area contributed by atoms with Crippen molar-refractivity contribution in [2.45, 2.75) is 76.5 Å². The van der Waals surface area contributed by atoms with Crippen LogP contribution in [0.3, 0.4) is 0 Å². The van der Waals surface area contributed by atoms with Crippen LogP contribution in [0.2, 0.25) is 0 Å². The molecule has 16 heteroatoms. The van der Waals surface area contributed by atoms with Gasteiger partial charge >= 0.3 is 11.9 Å². The van der Waals surface area contributed by atoms with E-state index in [-0.39, 0.29) is 44.1 Å². The quantitative estimate of drug-likeness (QED) is 0.0480. The first-order chi connectivity index (χ1) is 17.1. The molecule has 4 amide bonds. The predicted octanol–water partition coefficient (Wildman–Crippen LogP) is -3.31. The summed E-state index contributed by atoms with van der Waals surface area (Å²) >= 11 is 0. The van der Waals surface area contributed by atoms with Crippen molar-refractivity contribution in [1.82, 2.24) is 16.0 Å². The number of primary amides is 1. The highest BCUT2D eigenvalue weighted by Gasteiger charge is 2.32. The van der Waals surface area contributed by atoms with Crippen molar-refractivity contribution in [3.05, 3.63) is 0 Å². The van der Waals surface area contributed by atoms with E-state index in [1.165, 1.54) is 0 Å². The summed E-state index contributed by atoms with van der Waals surface area (Å²) in [5.74, 6) is -6.56. The molecule has 0 bridgehead atoms. The second-order valence-electron chi connectivity index (χ2n) is 8.81. The molecular formula is C21H38N8O8. The van der Waals surface area contributed by atoms with E-state index in [0.29, 0.717) is 6.42 Å². The minimum atomic E-state index is -1.67. The molecular weight excluding hydrogens is 492 g/mol. The van der Waals surface area contributed by atoms with Crippen LogP contribution in [0.5, 0.6) is 0 Å². The summed E-state index contributed by atoms with van der Waals surface area (Å²) in [5, 5.41) is 25.3. The first kappa shape index (κ1) is 33.0. The van der Waals surface area contributed by atoms with E-state index in [1.54, 1.807) is 13.8 Å². The maximum absolute atomic E-state index is 12.9. The van der Waals surface area contributed by atoms with Crippen molar-refractivity contribution in [2.75, 3.05) is 6.54 Å². The van der Waals surface area contributed by atoms with Crippen LogP contribution < -0.4 is 38.9 Å². The molecule has 0 saturated carbocycles. The van der Waals surface area contributed by atoms with Crippen LogP contribution in [-0.2, 0) is 28.8 Å². The summed E-state index contributed by atoms with van der Waals surface area (Å²) in [4.78, 5) is 75.8. The third-order valence-electron chi connectivity index (χ3n) is 4.95. The fourth-order valence-electron chi connectivity index (χ4n) is 3.11. The summed E-state index contributed by atoms with van der Waals surface area (Å²) in [7, 11) is 0. The summed E-state index contributed by atoms with van der Waals surface area (Å²) in [6, 6.07) is -5.44. The molecule has 0 aromatic heterocycles. The number of amides is 4. The largest absolute Gasteiger partial charge is 0.481 e. The minimum Gasteiger partial charge on any atom is -0.481 e. The minimum absolute atomic E-state index is 0.0627. The van der Waals surface area contributed by atoms with Gasteiger partial charge in [0.15, 0.2) is 5.96 Å².